The number of nitrogens with zero attached hydrogens (tertiary/aromatic N) is 2. The van der Waals surface area contributed by atoms with Gasteiger partial charge in [0.15, 0.2) is 0 Å². The fraction of sp³-hybridized carbons (Fsp3) is 0.185. The number of rotatable bonds is 4. The Morgan fingerprint density at radius 2 is 1.67 bits per heavy atom. The van der Waals surface area contributed by atoms with Crippen LogP contribution in [0, 0.1) is 6.92 Å². The van der Waals surface area contributed by atoms with Crippen LogP contribution < -0.4 is 14.5 Å². The first-order valence-corrected chi connectivity index (χ1v) is 11.3. The molecule has 2 amide bonds. The normalized spacial score (nSPS) is 15.8. The first kappa shape index (κ1) is 21.3. The van der Waals surface area contributed by atoms with Crippen molar-refractivity contribution in [2.45, 2.75) is 19.8 Å². The molecular formula is C27H23ClN2O3. The maximum Gasteiger partial charge on any atom is 0.282 e. The number of hydrogen-bond acceptors (Lipinski definition) is 4. The van der Waals surface area contributed by atoms with E-state index in [1.165, 1.54) is 10.5 Å². The van der Waals surface area contributed by atoms with E-state index in [9.17, 15) is 9.59 Å². The van der Waals surface area contributed by atoms with Gasteiger partial charge in [-0.2, -0.15) is 0 Å². The Balaban J connectivity index is 1.70. The van der Waals surface area contributed by atoms with Gasteiger partial charge in [-0.25, -0.2) is 4.90 Å². The number of ether oxygens (including phenoxy) is 1. The Hall–Kier alpha value is -3.57. The highest BCUT2D eigenvalue weighted by molar-refractivity contribution is 6.46. The van der Waals surface area contributed by atoms with Gasteiger partial charge >= 0.3 is 0 Å². The van der Waals surface area contributed by atoms with E-state index in [4.69, 9.17) is 16.3 Å². The molecule has 6 heteroatoms. The molecule has 5 rings (SSSR count). The Morgan fingerprint density at radius 1 is 0.909 bits per heavy atom. The molecule has 3 aromatic rings. The standard InChI is InChI=1S/C27H23ClN2O3/c1-17-16-20(28)11-14-22(17)30-26(31)24(19-9-12-21(33-2)13-10-19)25(27(30)32)29-15-5-7-18-6-3-4-8-23(18)29/h3-4,6,8-14,16H,5,7,15H2,1-2H3. The van der Waals surface area contributed by atoms with E-state index < -0.39 is 0 Å². The number of hydrogen-bond donors (Lipinski definition) is 0. The van der Waals surface area contributed by atoms with Crippen LogP contribution in [0.5, 0.6) is 5.75 Å². The number of halogens is 1. The van der Waals surface area contributed by atoms with E-state index in [0.29, 0.717) is 39.8 Å². The predicted molar refractivity (Wildman–Crippen MR) is 131 cm³/mol. The van der Waals surface area contributed by atoms with Crippen molar-refractivity contribution in [2.75, 3.05) is 23.5 Å². The number of carbonyl (C=O) groups is 2. The molecule has 0 N–H and O–H groups in total. The van der Waals surface area contributed by atoms with Gasteiger partial charge in [-0.3, -0.25) is 9.59 Å². The second-order valence-corrected chi connectivity index (χ2v) is 8.65. The lowest BCUT2D eigenvalue weighted by Crippen LogP contribution is -2.37. The Morgan fingerprint density at radius 3 is 2.39 bits per heavy atom. The molecule has 0 bridgehead atoms. The molecule has 0 aliphatic carbocycles. The molecule has 0 atom stereocenters. The van der Waals surface area contributed by atoms with Gasteiger partial charge in [-0.1, -0.05) is 41.9 Å². The number of aryl methyl sites for hydroxylation is 2. The van der Waals surface area contributed by atoms with E-state index in [-0.39, 0.29) is 11.8 Å². The summed E-state index contributed by atoms with van der Waals surface area (Å²) >= 11 is 6.14. The minimum Gasteiger partial charge on any atom is -0.497 e. The van der Waals surface area contributed by atoms with Gasteiger partial charge in [-0.05, 0) is 72.9 Å². The summed E-state index contributed by atoms with van der Waals surface area (Å²) in [5.41, 5.74) is 4.94. The molecule has 0 saturated carbocycles. The maximum atomic E-state index is 13.9. The van der Waals surface area contributed by atoms with Gasteiger partial charge in [0, 0.05) is 17.3 Å². The number of fused-ring (bicyclic) bond motifs is 1. The fourth-order valence-electron chi connectivity index (χ4n) is 4.64. The van der Waals surface area contributed by atoms with Crippen molar-refractivity contribution >= 4 is 40.4 Å². The lowest BCUT2D eigenvalue weighted by molar-refractivity contribution is -0.120. The SMILES string of the molecule is COc1ccc(C2=C(N3CCCc4ccccc43)C(=O)N(c3ccc(Cl)cc3C)C2=O)cc1. The van der Waals surface area contributed by atoms with Gasteiger partial charge in [0.25, 0.3) is 11.8 Å². The summed E-state index contributed by atoms with van der Waals surface area (Å²) in [6, 6.07) is 20.5. The van der Waals surface area contributed by atoms with Crippen LogP contribution in [-0.4, -0.2) is 25.5 Å². The summed E-state index contributed by atoms with van der Waals surface area (Å²) in [6.07, 6.45) is 1.85. The van der Waals surface area contributed by atoms with Crippen LogP contribution in [0.1, 0.15) is 23.1 Å². The quantitative estimate of drug-likeness (QED) is 0.491. The van der Waals surface area contributed by atoms with Crippen molar-refractivity contribution in [2.24, 2.45) is 0 Å². The zero-order valence-corrected chi connectivity index (χ0v) is 19.2. The van der Waals surface area contributed by atoms with Crippen molar-refractivity contribution in [3.63, 3.8) is 0 Å². The van der Waals surface area contributed by atoms with Gasteiger partial charge in [0.05, 0.1) is 18.4 Å². The number of anilines is 2. The van der Waals surface area contributed by atoms with Gasteiger partial charge in [-0.15, -0.1) is 0 Å². The van der Waals surface area contributed by atoms with Crippen molar-refractivity contribution < 1.29 is 14.3 Å². The minimum atomic E-state index is -0.339. The number of benzene rings is 3. The van der Waals surface area contributed by atoms with Gasteiger partial charge < -0.3 is 9.64 Å². The number of amides is 2. The molecular weight excluding hydrogens is 436 g/mol. The third-order valence-electron chi connectivity index (χ3n) is 6.22. The highest BCUT2D eigenvalue weighted by Gasteiger charge is 2.44. The molecule has 2 aliphatic rings. The molecule has 0 aromatic heterocycles. The summed E-state index contributed by atoms with van der Waals surface area (Å²) in [6.45, 7) is 2.52. The third-order valence-corrected chi connectivity index (χ3v) is 6.45. The highest BCUT2D eigenvalue weighted by atomic mass is 35.5. The average Bonchev–Trinajstić information content (AvgIpc) is 3.08. The Bertz CT molecular complexity index is 1300. The highest BCUT2D eigenvalue weighted by Crippen LogP contribution is 2.40. The Kier molecular flexibility index (Phi) is 5.43. The summed E-state index contributed by atoms with van der Waals surface area (Å²) < 4.78 is 5.29. The second-order valence-electron chi connectivity index (χ2n) is 8.21. The third kappa shape index (κ3) is 3.58. The monoisotopic (exact) mass is 458 g/mol. The molecule has 0 radical (unpaired) electrons. The number of methoxy groups -OCH3 is 1. The molecule has 2 aliphatic heterocycles. The fourth-order valence-corrected chi connectivity index (χ4v) is 4.87. The summed E-state index contributed by atoms with van der Waals surface area (Å²) in [5.74, 6) is 0.0213. The van der Waals surface area contributed by atoms with Crippen LogP contribution in [0.3, 0.4) is 0 Å². The molecule has 0 saturated heterocycles. The summed E-state index contributed by atoms with van der Waals surface area (Å²) in [5, 5.41) is 0.559. The molecule has 0 fully saturated rings. The Labute approximate surface area is 197 Å². The number of para-hydroxylation sites is 1. The molecule has 0 unspecified atom stereocenters. The zero-order valence-electron chi connectivity index (χ0n) is 18.5. The molecule has 0 spiro atoms. The van der Waals surface area contributed by atoms with Crippen molar-refractivity contribution in [1.82, 2.24) is 0 Å². The van der Waals surface area contributed by atoms with Crippen LogP contribution in [-0.2, 0) is 16.0 Å². The smallest absolute Gasteiger partial charge is 0.282 e. The van der Waals surface area contributed by atoms with Crippen molar-refractivity contribution in [1.29, 1.82) is 0 Å². The average molecular weight is 459 g/mol. The zero-order chi connectivity index (χ0) is 23.1. The summed E-state index contributed by atoms with van der Waals surface area (Å²) in [4.78, 5) is 31.0. The van der Waals surface area contributed by atoms with Crippen LogP contribution >= 0.6 is 11.6 Å². The van der Waals surface area contributed by atoms with E-state index in [0.717, 1.165) is 24.1 Å². The van der Waals surface area contributed by atoms with Crippen LogP contribution in [0.2, 0.25) is 5.02 Å². The molecule has 166 valence electrons. The van der Waals surface area contributed by atoms with E-state index in [1.807, 2.05) is 42.2 Å². The largest absolute Gasteiger partial charge is 0.497 e. The second kappa shape index (κ2) is 8.41. The maximum absolute atomic E-state index is 13.9. The first-order chi connectivity index (χ1) is 16.0. The molecule has 33 heavy (non-hydrogen) atoms. The lowest BCUT2D eigenvalue weighted by atomic mass is 9.98. The van der Waals surface area contributed by atoms with Crippen molar-refractivity contribution in [3.8, 4) is 5.75 Å². The van der Waals surface area contributed by atoms with E-state index in [1.54, 1.807) is 37.4 Å². The van der Waals surface area contributed by atoms with Crippen LogP contribution in [0.4, 0.5) is 11.4 Å². The minimum absolute atomic E-state index is 0.326. The molecule has 5 nitrogen and oxygen atoms in total. The number of imide groups is 1. The van der Waals surface area contributed by atoms with E-state index in [2.05, 4.69) is 6.07 Å². The lowest BCUT2D eigenvalue weighted by Gasteiger charge is -2.32. The van der Waals surface area contributed by atoms with Crippen LogP contribution in [0.15, 0.2) is 72.4 Å². The van der Waals surface area contributed by atoms with Gasteiger partial charge in [0.1, 0.15) is 11.4 Å². The van der Waals surface area contributed by atoms with Gasteiger partial charge in [0.2, 0.25) is 0 Å². The summed E-state index contributed by atoms with van der Waals surface area (Å²) in [7, 11) is 1.60. The van der Waals surface area contributed by atoms with Crippen LogP contribution in [0.25, 0.3) is 5.57 Å². The molecule has 2 heterocycles. The topological polar surface area (TPSA) is 49.9 Å². The predicted octanol–water partition coefficient (Wildman–Crippen LogP) is 5.39. The first-order valence-electron chi connectivity index (χ1n) is 10.9. The number of carbonyl (C=O) groups excluding carboxylic acids is 2. The molecule has 3 aromatic carbocycles. The van der Waals surface area contributed by atoms with E-state index >= 15 is 0 Å². The van der Waals surface area contributed by atoms with Crippen molar-refractivity contribution in [3.05, 3.63) is 94.1 Å².